The van der Waals surface area contributed by atoms with Gasteiger partial charge in [0.05, 0.1) is 17.6 Å². The third-order valence-corrected chi connectivity index (χ3v) is 2.69. The van der Waals surface area contributed by atoms with Gasteiger partial charge in [-0.1, -0.05) is 19.1 Å². The van der Waals surface area contributed by atoms with E-state index in [4.69, 9.17) is 4.74 Å². The molecule has 18 heavy (non-hydrogen) atoms. The van der Waals surface area contributed by atoms with E-state index in [1.165, 1.54) is 4.57 Å². The monoisotopic (exact) mass is 250 g/mol. The van der Waals surface area contributed by atoms with Gasteiger partial charge < -0.3 is 4.74 Å². The summed E-state index contributed by atoms with van der Waals surface area (Å²) >= 11 is 0. The van der Waals surface area contributed by atoms with E-state index in [-0.39, 0.29) is 6.61 Å². The largest absolute Gasteiger partial charge is 0.462 e. The number of alkyl halides is 1. The normalized spacial score (nSPS) is 12.6. The minimum Gasteiger partial charge on any atom is -0.462 e. The third kappa shape index (κ3) is 2.08. The van der Waals surface area contributed by atoms with Crippen LogP contribution in [-0.2, 0) is 16.0 Å². The van der Waals surface area contributed by atoms with Crippen molar-refractivity contribution in [2.45, 2.75) is 26.6 Å². The van der Waals surface area contributed by atoms with Crippen LogP contribution in [0.15, 0.2) is 24.3 Å². The van der Waals surface area contributed by atoms with Crippen LogP contribution in [0.1, 0.15) is 26.0 Å². The maximum Gasteiger partial charge on any atom is 0.362 e. The highest BCUT2D eigenvalue weighted by Crippen LogP contribution is 2.23. The maximum absolute atomic E-state index is 14.2. The number of aromatic nitrogens is 2. The summed E-state index contributed by atoms with van der Waals surface area (Å²) in [4.78, 5) is 15.8. The molecular weight excluding hydrogens is 235 g/mol. The Balaban J connectivity index is 2.50. The Hall–Kier alpha value is -1.91. The van der Waals surface area contributed by atoms with Gasteiger partial charge in [-0.05, 0) is 19.1 Å². The van der Waals surface area contributed by atoms with Gasteiger partial charge in [-0.2, -0.15) is 0 Å². The first-order valence-electron chi connectivity index (χ1n) is 5.95. The fourth-order valence-corrected chi connectivity index (χ4v) is 1.91. The lowest BCUT2D eigenvalue weighted by Gasteiger charge is -2.12. The van der Waals surface area contributed by atoms with Crippen molar-refractivity contribution in [3.8, 4) is 0 Å². The number of esters is 1. The number of benzene rings is 1. The summed E-state index contributed by atoms with van der Waals surface area (Å²) in [5, 5.41) is 0. The van der Waals surface area contributed by atoms with Gasteiger partial charge in [-0.15, -0.1) is 0 Å². The van der Waals surface area contributed by atoms with Crippen molar-refractivity contribution in [2.24, 2.45) is 0 Å². The SMILES string of the molecule is CCOC(=O)C(F)n1c(CC)nc2ccccc21. The first-order valence-corrected chi connectivity index (χ1v) is 5.95. The molecule has 96 valence electrons. The molecule has 0 saturated carbocycles. The zero-order valence-electron chi connectivity index (χ0n) is 10.4. The average molecular weight is 250 g/mol. The van der Waals surface area contributed by atoms with Crippen molar-refractivity contribution in [3.63, 3.8) is 0 Å². The molecule has 1 unspecified atom stereocenters. The summed E-state index contributed by atoms with van der Waals surface area (Å²) in [6, 6.07) is 7.16. The van der Waals surface area contributed by atoms with Gasteiger partial charge in [0, 0.05) is 6.42 Å². The molecule has 0 aliphatic heterocycles. The molecule has 1 heterocycles. The van der Waals surface area contributed by atoms with Gasteiger partial charge in [0.15, 0.2) is 0 Å². The fraction of sp³-hybridized carbons (Fsp3) is 0.385. The van der Waals surface area contributed by atoms with Crippen LogP contribution < -0.4 is 0 Å². The molecule has 2 aromatic rings. The smallest absolute Gasteiger partial charge is 0.362 e. The van der Waals surface area contributed by atoms with Gasteiger partial charge >= 0.3 is 5.97 Å². The number of imidazole rings is 1. The molecule has 0 spiro atoms. The van der Waals surface area contributed by atoms with Crippen LogP contribution in [0.4, 0.5) is 4.39 Å². The second-order valence-electron chi connectivity index (χ2n) is 3.83. The van der Waals surface area contributed by atoms with E-state index in [2.05, 4.69) is 4.98 Å². The molecule has 1 aromatic carbocycles. The van der Waals surface area contributed by atoms with Crippen molar-refractivity contribution in [1.82, 2.24) is 9.55 Å². The van der Waals surface area contributed by atoms with Crippen LogP contribution in [0, 0.1) is 0 Å². The molecule has 1 aromatic heterocycles. The average Bonchev–Trinajstić information content (AvgIpc) is 2.76. The third-order valence-electron chi connectivity index (χ3n) is 2.69. The highest BCUT2D eigenvalue weighted by Gasteiger charge is 2.25. The Morgan fingerprint density at radius 3 is 2.83 bits per heavy atom. The van der Waals surface area contributed by atoms with Crippen LogP contribution in [0.5, 0.6) is 0 Å². The van der Waals surface area contributed by atoms with Crippen molar-refractivity contribution in [2.75, 3.05) is 6.61 Å². The summed E-state index contributed by atoms with van der Waals surface area (Å²) in [6.45, 7) is 3.68. The first-order chi connectivity index (χ1) is 8.69. The zero-order valence-corrected chi connectivity index (χ0v) is 10.4. The van der Waals surface area contributed by atoms with E-state index in [0.29, 0.717) is 23.3 Å². The maximum atomic E-state index is 14.2. The number of carbonyl (C=O) groups excluding carboxylic acids is 1. The van der Waals surface area contributed by atoms with Crippen LogP contribution in [0.3, 0.4) is 0 Å². The number of hydrogen-bond acceptors (Lipinski definition) is 3. The molecule has 4 nitrogen and oxygen atoms in total. The fourth-order valence-electron chi connectivity index (χ4n) is 1.91. The van der Waals surface area contributed by atoms with Crippen LogP contribution in [0.2, 0.25) is 0 Å². The van der Waals surface area contributed by atoms with Crippen LogP contribution in [0.25, 0.3) is 11.0 Å². The van der Waals surface area contributed by atoms with Crippen LogP contribution >= 0.6 is 0 Å². The van der Waals surface area contributed by atoms with E-state index in [1.807, 2.05) is 13.0 Å². The summed E-state index contributed by atoms with van der Waals surface area (Å²) in [7, 11) is 0. The van der Waals surface area contributed by atoms with E-state index in [1.54, 1.807) is 25.1 Å². The van der Waals surface area contributed by atoms with E-state index in [9.17, 15) is 9.18 Å². The molecule has 0 bridgehead atoms. The highest BCUT2D eigenvalue weighted by molar-refractivity contribution is 5.80. The van der Waals surface area contributed by atoms with E-state index >= 15 is 0 Å². The van der Waals surface area contributed by atoms with Crippen LogP contribution in [-0.4, -0.2) is 22.1 Å². The summed E-state index contributed by atoms with van der Waals surface area (Å²) in [5.41, 5.74) is 1.29. The predicted molar refractivity (Wildman–Crippen MR) is 65.9 cm³/mol. The molecule has 0 N–H and O–H groups in total. The van der Waals surface area contributed by atoms with Gasteiger partial charge in [-0.25, -0.2) is 14.2 Å². The second-order valence-corrected chi connectivity index (χ2v) is 3.83. The zero-order chi connectivity index (χ0) is 13.1. The highest BCUT2D eigenvalue weighted by atomic mass is 19.1. The number of carbonyl (C=O) groups is 1. The molecule has 5 heteroatoms. The van der Waals surface area contributed by atoms with Gasteiger partial charge in [-0.3, -0.25) is 4.57 Å². The first kappa shape index (κ1) is 12.5. The van der Waals surface area contributed by atoms with Gasteiger partial charge in [0.2, 0.25) is 0 Å². The molecule has 0 aliphatic carbocycles. The number of para-hydroxylation sites is 2. The summed E-state index contributed by atoms with van der Waals surface area (Å²) in [6.07, 6.45) is -1.29. The molecule has 0 fully saturated rings. The lowest BCUT2D eigenvalue weighted by Crippen LogP contribution is -2.19. The molecule has 0 saturated heterocycles. The molecule has 0 radical (unpaired) electrons. The molecule has 0 amide bonds. The minimum atomic E-state index is -1.84. The number of halogens is 1. The summed E-state index contributed by atoms with van der Waals surface area (Å²) < 4.78 is 20.2. The Kier molecular flexibility index (Phi) is 3.60. The molecular formula is C13H15FN2O2. The number of hydrogen-bond donors (Lipinski definition) is 0. The van der Waals surface area contributed by atoms with Gasteiger partial charge in [0.25, 0.3) is 6.30 Å². The van der Waals surface area contributed by atoms with Crippen molar-refractivity contribution < 1.29 is 13.9 Å². The Morgan fingerprint density at radius 1 is 1.44 bits per heavy atom. The van der Waals surface area contributed by atoms with E-state index in [0.717, 1.165) is 0 Å². The Labute approximate surface area is 104 Å². The number of fused-ring (bicyclic) bond motifs is 1. The molecule has 2 rings (SSSR count). The predicted octanol–water partition coefficient (Wildman–Crippen LogP) is 2.63. The number of rotatable bonds is 4. The summed E-state index contributed by atoms with van der Waals surface area (Å²) in [5.74, 6) is -0.341. The van der Waals surface area contributed by atoms with E-state index < -0.39 is 12.3 Å². The van der Waals surface area contributed by atoms with Crippen molar-refractivity contribution in [1.29, 1.82) is 0 Å². The standard InChI is InChI=1S/C13H15FN2O2/c1-3-11-15-9-7-5-6-8-10(9)16(11)12(14)13(17)18-4-2/h5-8,12H,3-4H2,1-2H3. The minimum absolute atomic E-state index is 0.160. The second kappa shape index (κ2) is 5.16. The number of nitrogens with zero attached hydrogens (tertiary/aromatic N) is 2. The van der Waals surface area contributed by atoms with Gasteiger partial charge in [0.1, 0.15) is 5.82 Å². The molecule has 0 aliphatic rings. The lowest BCUT2D eigenvalue weighted by atomic mass is 10.3. The Morgan fingerprint density at radius 2 is 2.17 bits per heavy atom. The number of ether oxygens (including phenoxy) is 1. The number of aryl methyl sites for hydroxylation is 1. The lowest BCUT2D eigenvalue weighted by molar-refractivity contribution is -0.152. The molecule has 1 atom stereocenters. The van der Waals surface area contributed by atoms with Crippen molar-refractivity contribution >= 4 is 17.0 Å². The quantitative estimate of drug-likeness (QED) is 0.783. The Bertz CT molecular complexity index is 565. The van der Waals surface area contributed by atoms with Crippen molar-refractivity contribution in [3.05, 3.63) is 30.1 Å². The topological polar surface area (TPSA) is 44.1 Å².